The van der Waals surface area contributed by atoms with Gasteiger partial charge in [-0.3, -0.25) is 19.6 Å². The molecule has 2 N–H and O–H groups in total. The van der Waals surface area contributed by atoms with Gasteiger partial charge in [0, 0.05) is 19.1 Å². The number of nitrogens with two attached hydrogens (primary N) is 1. The van der Waals surface area contributed by atoms with Crippen molar-refractivity contribution >= 4 is 11.6 Å². The van der Waals surface area contributed by atoms with Crippen LogP contribution in [0.3, 0.4) is 0 Å². The minimum atomic E-state index is -0.521. The summed E-state index contributed by atoms with van der Waals surface area (Å²) in [5.41, 5.74) is 5.94. The third-order valence-electron chi connectivity index (χ3n) is 4.39. The van der Waals surface area contributed by atoms with Crippen LogP contribution >= 0.6 is 0 Å². The Morgan fingerprint density at radius 3 is 2.95 bits per heavy atom. The van der Waals surface area contributed by atoms with Crippen molar-refractivity contribution < 1.29 is 9.72 Å². The molecule has 0 aromatic carbocycles. The van der Waals surface area contributed by atoms with Gasteiger partial charge in [0.1, 0.15) is 18.9 Å². The van der Waals surface area contributed by atoms with E-state index in [2.05, 4.69) is 5.10 Å². The first-order valence-electron chi connectivity index (χ1n) is 6.75. The predicted octanol–water partition coefficient (Wildman–Crippen LogP) is -0.0130. The molecule has 0 spiro atoms. The number of hydrogen-bond donors (Lipinski definition) is 1. The van der Waals surface area contributed by atoms with Crippen molar-refractivity contribution in [1.82, 2.24) is 14.7 Å². The monoisotopic (exact) mass is 279 g/mol. The molecular weight excluding hydrogens is 262 g/mol. The number of carbonyl (C=O) groups is 1. The van der Waals surface area contributed by atoms with E-state index in [-0.39, 0.29) is 24.2 Å². The third kappa shape index (κ3) is 2.26. The van der Waals surface area contributed by atoms with E-state index in [0.29, 0.717) is 18.4 Å². The number of likely N-dealkylation sites (tertiary alicyclic amines) is 1. The molecule has 2 fully saturated rings. The van der Waals surface area contributed by atoms with Gasteiger partial charge in [0.2, 0.25) is 5.91 Å². The Balaban J connectivity index is 1.61. The Morgan fingerprint density at radius 2 is 2.30 bits per heavy atom. The summed E-state index contributed by atoms with van der Waals surface area (Å²) < 4.78 is 1.31. The van der Waals surface area contributed by atoms with Crippen LogP contribution in [-0.4, -0.2) is 44.6 Å². The van der Waals surface area contributed by atoms with E-state index in [4.69, 9.17) is 5.73 Å². The largest absolute Gasteiger partial charge is 0.340 e. The first-order chi connectivity index (χ1) is 9.54. The highest BCUT2D eigenvalue weighted by molar-refractivity contribution is 5.76. The molecule has 0 bridgehead atoms. The molecule has 3 rings (SSSR count). The number of aromatic nitrogens is 2. The van der Waals surface area contributed by atoms with E-state index in [9.17, 15) is 14.9 Å². The van der Waals surface area contributed by atoms with Crippen LogP contribution in [0.15, 0.2) is 12.4 Å². The van der Waals surface area contributed by atoms with Gasteiger partial charge in [-0.1, -0.05) is 0 Å². The zero-order valence-corrected chi connectivity index (χ0v) is 11.0. The molecule has 3 atom stereocenters. The van der Waals surface area contributed by atoms with Crippen LogP contribution < -0.4 is 5.73 Å². The standard InChI is InChI=1S/C12H17N5O3/c13-11-2-1-8-4-15(6-10(8)11)12(18)7-16-5-9(3-14-16)17(19)20/h3,5,8,10-11H,1-2,4,6-7,13H2. The number of carbonyl (C=O) groups excluding carboxylic acids is 1. The summed E-state index contributed by atoms with van der Waals surface area (Å²) >= 11 is 0. The van der Waals surface area contributed by atoms with Gasteiger partial charge in [-0.05, 0) is 24.7 Å². The molecule has 1 aromatic rings. The lowest BCUT2D eigenvalue weighted by molar-refractivity contribution is -0.385. The lowest BCUT2D eigenvalue weighted by Gasteiger charge is -2.18. The van der Waals surface area contributed by atoms with Crippen molar-refractivity contribution in [2.24, 2.45) is 17.6 Å². The van der Waals surface area contributed by atoms with Gasteiger partial charge in [-0.25, -0.2) is 0 Å². The van der Waals surface area contributed by atoms with Crippen LogP contribution in [0.25, 0.3) is 0 Å². The molecule has 1 saturated carbocycles. The fourth-order valence-electron chi connectivity index (χ4n) is 3.28. The lowest BCUT2D eigenvalue weighted by atomic mass is 9.98. The van der Waals surface area contributed by atoms with E-state index in [0.717, 1.165) is 25.6 Å². The first-order valence-corrected chi connectivity index (χ1v) is 6.75. The van der Waals surface area contributed by atoms with Gasteiger partial charge in [0.05, 0.1) is 4.92 Å². The molecular formula is C12H17N5O3. The molecule has 8 nitrogen and oxygen atoms in total. The van der Waals surface area contributed by atoms with Gasteiger partial charge in [-0.2, -0.15) is 5.10 Å². The second kappa shape index (κ2) is 4.86. The van der Waals surface area contributed by atoms with E-state index >= 15 is 0 Å². The Kier molecular flexibility index (Phi) is 3.17. The summed E-state index contributed by atoms with van der Waals surface area (Å²) in [6, 6.07) is 0.198. The fraction of sp³-hybridized carbons (Fsp3) is 0.667. The topological polar surface area (TPSA) is 107 Å². The number of amides is 1. The molecule has 3 unspecified atom stereocenters. The van der Waals surface area contributed by atoms with E-state index in [1.54, 1.807) is 0 Å². The van der Waals surface area contributed by atoms with Gasteiger partial charge < -0.3 is 10.6 Å². The zero-order chi connectivity index (χ0) is 14.3. The maximum Gasteiger partial charge on any atom is 0.307 e. The molecule has 1 aromatic heterocycles. The maximum atomic E-state index is 12.2. The first kappa shape index (κ1) is 13.0. The zero-order valence-electron chi connectivity index (χ0n) is 11.0. The SMILES string of the molecule is NC1CCC2CN(C(=O)Cn3cc([N+](=O)[O-])cn3)CC12. The van der Waals surface area contributed by atoms with Crippen LogP contribution in [0.5, 0.6) is 0 Å². The van der Waals surface area contributed by atoms with Gasteiger partial charge in [-0.15, -0.1) is 0 Å². The van der Waals surface area contributed by atoms with Gasteiger partial charge in [0.25, 0.3) is 0 Å². The molecule has 1 aliphatic carbocycles. The van der Waals surface area contributed by atoms with E-state index < -0.39 is 4.92 Å². The maximum absolute atomic E-state index is 12.2. The predicted molar refractivity (Wildman–Crippen MR) is 69.7 cm³/mol. The van der Waals surface area contributed by atoms with Crippen LogP contribution in [0.1, 0.15) is 12.8 Å². The van der Waals surface area contributed by atoms with Crippen LogP contribution in [-0.2, 0) is 11.3 Å². The molecule has 1 amide bonds. The van der Waals surface area contributed by atoms with Crippen LogP contribution in [0, 0.1) is 22.0 Å². The third-order valence-corrected chi connectivity index (χ3v) is 4.39. The average molecular weight is 279 g/mol. The highest BCUT2D eigenvalue weighted by Gasteiger charge is 2.42. The summed E-state index contributed by atoms with van der Waals surface area (Å²) in [6.07, 6.45) is 4.56. The highest BCUT2D eigenvalue weighted by Crippen LogP contribution is 2.37. The minimum Gasteiger partial charge on any atom is -0.340 e. The summed E-state index contributed by atoms with van der Waals surface area (Å²) in [5, 5.41) is 14.4. The molecule has 2 heterocycles. The summed E-state index contributed by atoms with van der Waals surface area (Å²) in [5.74, 6) is 0.872. The fourth-order valence-corrected chi connectivity index (χ4v) is 3.28. The Bertz CT molecular complexity index is 543. The molecule has 0 radical (unpaired) electrons. The molecule has 8 heteroatoms. The van der Waals surface area contributed by atoms with Crippen molar-refractivity contribution in [3.05, 3.63) is 22.5 Å². The van der Waals surface area contributed by atoms with Crippen LogP contribution in [0.4, 0.5) is 5.69 Å². The molecule has 20 heavy (non-hydrogen) atoms. The smallest absolute Gasteiger partial charge is 0.307 e. The second-order valence-electron chi connectivity index (χ2n) is 5.62. The van der Waals surface area contributed by atoms with E-state index in [1.807, 2.05) is 4.90 Å². The number of nitro groups is 1. The molecule has 1 aliphatic heterocycles. The van der Waals surface area contributed by atoms with Gasteiger partial charge in [0.15, 0.2) is 0 Å². The highest BCUT2D eigenvalue weighted by atomic mass is 16.6. The number of fused-ring (bicyclic) bond motifs is 1. The number of nitrogens with zero attached hydrogens (tertiary/aromatic N) is 4. The van der Waals surface area contributed by atoms with Crippen molar-refractivity contribution in [1.29, 1.82) is 0 Å². The Hall–Kier alpha value is -1.96. The Labute approximate surface area is 115 Å². The normalized spacial score (nSPS) is 28.6. The molecule has 108 valence electrons. The average Bonchev–Trinajstić information content (AvgIpc) is 3.07. The van der Waals surface area contributed by atoms with Crippen molar-refractivity contribution in [2.75, 3.05) is 13.1 Å². The van der Waals surface area contributed by atoms with Crippen LogP contribution in [0.2, 0.25) is 0 Å². The lowest BCUT2D eigenvalue weighted by Crippen LogP contribution is -2.35. The minimum absolute atomic E-state index is 0.0442. The second-order valence-corrected chi connectivity index (χ2v) is 5.62. The summed E-state index contributed by atoms with van der Waals surface area (Å²) in [7, 11) is 0. The summed E-state index contributed by atoms with van der Waals surface area (Å²) in [6.45, 7) is 1.50. The van der Waals surface area contributed by atoms with Crippen molar-refractivity contribution in [2.45, 2.75) is 25.4 Å². The Morgan fingerprint density at radius 1 is 1.50 bits per heavy atom. The van der Waals surface area contributed by atoms with Gasteiger partial charge >= 0.3 is 5.69 Å². The van der Waals surface area contributed by atoms with Crippen molar-refractivity contribution in [3.8, 4) is 0 Å². The molecule has 2 aliphatic rings. The van der Waals surface area contributed by atoms with Crippen molar-refractivity contribution in [3.63, 3.8) is 0 Å². The van der Waals surface area contributed by atoms with E-state index in [1.165, 1.54) is 10.9 Å². The number of rotatable bonds is 3. The summed E-state index contributed by atoms with van der Waals surface area (Å²) in [4.78, 5) is 24.0. The quantitative estimate of drug-likeness (QED) is 0.618. The number of hydrogen-bond acceptors (Lipinski definition) is 5. The molecule has 1 saturated heterocycles.